The molecule has 2 fully saturated rings. The number of ketones is 2. The van der Waals surface area contributed by atoms with Crippen LogP contribution < -0.4 is 5.73 Å². The summed E-state index contributed by atoms with van der Waals surface area (Å²) in [7, 11) is 0. The lowest BCUT2D eigenvalue weighted by atomic mass is 9.46. The van der Waals surface area contributed by atoms with Crippen molar-refractivity contribution in [1.82, 2.24) is 0 Å². The second-order valence-electron chi connectivity index (χ2n) is 11.4. The maximum Gasteiger partial charge on any atom is 0.159 e. The Labute approximate surface area is 192 Å². The topological polar surface area (TPSA) is 60.2 Å². The Kier molecular flexibility index (Phi) is 4.94. The quantitative estimate of drug-likeness (QED) is 0.572. The maximum atomic E-state index is 12.2. The number of fused-ring (bicyclic) bond motifs is 4. The van der Waals surface area contributed by atoms with E-state index in [-0.39, 0.29) is 33.9 Å². The van der Waals surface area contributed by atoms with Gasteiger partial charge in [-0.25, -0.2) is 0 Å². The summed E-state index contributed by atoms with van der Waals surface area (Å²) < 4.78 is 0. The van der Waals surface area contributed by atoms with E-state index in [1.807, 2.05) is 18.2 Å². The van der Waals surface area contributed by atoms with Gasteiger partial charge in [0.15, 0.2) is 11.6 Å². The summed E-state index contributed by atoms with van der Waals surface area (Å²) in [5.41, 5.74) is 13.8. The molecule has 4 aliphatic carbocycles. The van der Waals surface area contributed by atoms with E-state index >= 15 is 0 Å². The van der Waals surface area contributed by atoms with Gasteiger partial charge in [-0.1, -0.05) is 51.5 Å². The first kappa shape index (κ1) is 21.8. The molecule has 0 aromatic heterocycles. The van der Waals surface area contributed by atoms with Gasteiger partial charge in [0.25, 0.3) is 0 Å². The molecule has 0 heterocycles. The summed E-state index contributed by atoms with van der Waals surface area (Å²) in [4.78, 5) is 24.1. The highest BCUT2D eigenvalue weighted by Crippen LogP contribution is 2.70. The number of benzene rings is 1. The minimum Gasteiger partial charge on any atom is -0.321 e. The van der Waals surface area contributed by atoms with Crippen LogP contribution in [0.25, 0.3) is 0 Å². The normalized spacial score (nSPS) is 38.7. The first-order valence-electron chi connectivity index (χ1n) is 12.5. The molecule has 3 heteroatoms. The third-order valence-corrected chi connectivity index (χ3v) is 10.2. The van der Waals surface area contributed by atoms with Crippen molar-refractivity contribution in [2.75, 3.05) is 0 Å². The van der Waals surface area contributed by atoms with Gasteiger partial charge < -0.3 is 5.73 Å². The lowest BCUT2D eigenvalue weighted by Crippen LogP contribution is -2.61. The van der Waals surface area contributed by atoms with E-state index in [0.29, 0.717) is 12.3 Å². The molecule has 1 aromatic carbocycles. The van der Waals surface area contributed by atoms with Crippen LogP contribution in [0, 0.1) is 16.7 Å². The van der Waals surface area contributed by atoms with E-state index in [1.54, 1.807) is 6.92 Å². The van der Waals surface area contributed by atoms with E-state index in [2.05, 4.69) is 32.9 Å². The van der Waals surface area contributed by atoms with Crippen molar-refractivity contribution in [3.05, 3.63) is 58.2 Å². The van der Waals surface area contributed by atoms with Gasteiger partial charge in [-0.05, 0) is 90.6 Å². The molecule has 3 nitrogen and oxygen atoms in total. The molecule has 5 atom stereocenters. The molecule has 170 valence electrons. The fourth-order valence-electron chi connectivity index (χ4n) is 7.99. The summed E-state index contributed by atoms with van der Waals surface area (Å²) in [6, 6.07) is 8.27. The van der Waals surface area contributed by atoms with E-state index in [0.717, 1.165) is 31.2 Å². The fraction of sp³-hybridized carbons (Fsp3) is 0.586. The van der Waals surface area contributed by atoms with Crippen LogP contribution in [0.5, 0.6) is 0 Å². The Bertz CT molecular complexity index is 1050. The summed E-state index contributed by atoms with van der Waals surface area (Å²) >= 11 is 0. The maximum absolute atomic E-state index is 12.2. The molecular formula is C29H37NO2. The third kappa shape index (κ3) is 2.89. The van der Waals surface area contributed by atoms with Gasteiger partial charge in [-0.3, -0.25) is 9.59 Å². The average Bonchev–Trinajstić information content (AvgIpc) is 3.05. The molecule has 0 saturated heterocycles. The molecule has 4 unspecified atom stereocenters. The number of hydrogen-bond acceptors (Lipinski definition) is 3. The first-order valence-corrected chi connectivity index (χ1v) is 12.5. The summed E-state index contributed by atoms with van der Waals surface area (Å²) in [5, 5.41) is 0. The molecule has 1 aromatic rings. The van der Waals surface area contributed by atoms with Crippen LogP contribution in [0.15, 0.2) is 47.1 Å². The van der Waals surface area contributed by atoms with Crippen molar-refractivity contribution in [2.24, 2.45) is 22.5 Å². The van der Waals surface area contributed by atoms with Gasteiger partial charge in [0.05, 0.1) is 0 Å². The second kappa shape index (κ2) is 7.25. The monoisotopic (exact) mass is 431 g/mol. The zero-order valence-electron chi connectivity index (χ0n) is 20.1. The van der Waals surface area contributed by atoms with Crippen molar-refractivity contribution in [1.29, 1.82) is 0 Å². The van der Waals surface area contributed by atoms with E-state index < -0.39 is 0 Å². The highest BCUT2D eigenvalue weighted by molar-refractivity contribution is 5.94. The molecule has 32 heavy (non-hydrogen) atoms. The van der Waals surface area contributed by atoms with E-state index in [1.165, 1.54) is 41.5 Å². The van der Waals surface area contributed by atoms with Crippen LogP contribution in [-0.4, -0.2) is 17.1 Å². The lowest BCUT2D eigenvalue weighted by molar-refractivity contribution is -0.114. The zero-order valence-corrected chi connectivity index (χ0v) is 20.1. The molecule has 0 bridgehead atoms. The molecule has 2 N–H and O–H groups in total. The third-order valence-electron chi connectivity index (χ3n) is 10.2. The Morgan fingerprint density at radius 2 is 1.81 bits per heavy atom. The molecule has 0 radical (unpaired) electrons. The SMILES string of the molecule is CC[C@]1(C)CCC2C3(N)CCC4=CC(=O)CCC4=C3C(c3ccc(C(C)=O)cc3)CC21C. The van der Waals surface area contributed by atoms with Crippen molar-refractivity contribution in [3.8, 4) is 0 Å². The predicted molar refractivity (Wildman–Crippen MR) is 129 cm³/mol. The fourth-order valence-corrected chi connectivity index (χ4v) is 7.99. The van der Waals surface area contributed by atoms with Crippen molar-refractivity contribution in [3.63, 3.8) is 0 Å². The number of nitrogens with two attached hydrogens (primary N) is 1. The van der Waals surface area contributed by atoms with Crippen LogP contribution in [0.1, 0.15) is 101 Å². The molecule has 2 saturated carbocycles. The highest BCUT2D eigenvalue weighted by atomic mass is 16.1. The highest BCUT2D eigenvalue weighted by Gasteiger charge is 2.65. The van der Waals surface area contributed by atoms with E-state index in [9.17, 15) is 9.59 Å². The summed E-state index contributed by atoms with van der Waals surface area (Å²) in [6.07, 6.45) is 9.90. The number of allylic oxidation sites excluding steroid dienone is 3. The Hall–Kier alpha value is -2.00. The second-order valence-corrected chi connectivity index (χ2v) is 11.4. The lowest BCUT2D eigenvalue weighted by Gasteiger charge is -2.60. The Morgan fingerprint density at radius 3 is 2.47 bits per heavy atom. The minimum atomic E-state index is -0.309. The molecule has 5 rings (SSSR count). The number of rotatable bonds is 3. The van der Waals surface area contributed by atoms with Gasteiger partial charge in [-0.2, -0.15) is 0 Å². The van der Waals surface area contributed by atoms with Gasteiger partial charge in [0, 0.05) is 23.4 Å². The van der Waals surface area contributed by atoms with Gasteiger partial charge in [-0.15, -0.1) is 0 Å². The zero-order chi connectivity index (χ0) is 22.9. The van der Waals surface area contributed by atoms with Crippen LogP contribution >= 0.6 is 0 Å². The predicted octanol–water partition coefficient (Wildman–Crippen LogP) is 6.29. The first-order chi connectivity index (χ1) is 15.1. The smallest absolute Gasteiger partial charge is 0.159 e. The largest absolute Gasteiger partial charge is 0.321 e. The number of carbonyl (C=O) groups is 2. The van der Waals surface area contributed by atoms with Crippen LogP contribution in [-0.2, 0) is 4.79 Å². The van der Waals surface area contributed by atoms with Gasteiger partial charge in [0.1, 0.15) is 0 Å². The van der Waals surface area contributed by atoms with Crippen LogP contribution in [0.4, 0.5) is 0 Å². The van der Waals surface area contributed by atoms with Crippen LogP contribution in [0.3, 0.4) is 0 Å². The molecule has 0 aliphatic heterocycles. The molecule has 0 spiro atoms. The number of hydrogen-bond donors (Lipinski definition) is 1. The number of carbonyl (C=O) groups excluding carboxylic acids is 2. The summed E-state index contributed by atoms with van der Waals surface area (Å²) in [5.74, 6) is 1.09. The van der Waals surface area contributed by atoms with Gasteiger partial charge >= 0.3 is 0 Å². The van der Waals surface area contributed by atoms with Crippen molar-refractivity contribution < 1.29 is 9.59 Å². The van der Waals surface area contributed by atoms with Gasteiger partial charge in [0.2, 0.25) is 0 Å². The Balaban J connectivity index is 1.72. The van der Waals surface area contributed by atoms with Crippen molar-refractivity contribution in [2.45, 2.75) is 90.5 Å². The summed E-state index contributed by atoms with van der Waals surface area (Å²) in [6.45, 7) is 8.96. The molecular weight excluding hydrogens is 394 g/mol. The Morgan fingerprint density at radius 1 is 1.09 bits per heavy atom. The average molecular weight is 432 g/mol. The van der Waals surface area contributed by atoms with E-state index in [4.69, 9.17) is 5.73 Å². The number of Topliss-reactive ketones (excluding diaryl/α,β-unsaturated/α-hetero) is 1. The van der Waals surface area contributed by atoms with Crippen molar-refractivity contribution >= 4 is 11.6 Å². The minimum absolute atomic E-state index is 0.102. The van der Waals surface area contributed by atoms with Crippen LogP contribution in [0.2, 0.25) is 0 Å². The standard InChI is InChI=1S/C29H37NO2/c1-5-27(3)14-13-25-28(27,4)17-24(20-8-6-19(7-9-20)18(2)31)26-23-11-10-22(32)16-21(23)12-15-29(25,26)30/h6-9,16,24-25H,5,10-15,17,30H2,1-4H3/t24?,25?,27-,28?,29?/m1/s1. The molecule has 4 aliphatic rings. The molecule has 0 amide bonds.